The highest BCUT2D eigenvalue weighted by Crippen LogP contribution is 2.34. The number of pyridine rings is 1. The van der Waals surface area contributed by atoms with Gasteiger partial charge in [-0.05, 0) is 36.0 Å². The Balaban J connectivity index is 2.04. The largest absolute Gasteiger partial charge is 0.398 e. The highest BCUT2D eigenvalue weighted by molar-refractivity contribution is 7.99. The van der Waals surface area contributed by atoms with Crippen molar-refractivity contribution in [2.75, 3.05) is 5.73 Å². The van der Waals surface area contributed by atoms with Crippen LogP contribution in [0.4, 0.5) is 10.1 Å². The lowest BCUT2D eigenvalue weighted by atomic mass is 10.3. The van der Waals surface area contributed by atoms with Gasteiger partial charge in [0.25, 0.3) is 0 Å². The molecule has 0 aliphatic rings. The third kappa shape index (κ3) is 2.24. The molecule has 0 amide bonds. The number of halogens is 2. The minimum Gasteiger partial charge on any atom is -0.398 e. The maximum atomic E-state index is 13.5. The summed E-state index contributed by atoms with van der Waals surface area (Å²) in [6.45, 7) is 0. The Hall–Kier alpha value is -1.79. The van der Waals surface area contributed by atoms with Gasteiger partial charge in [0.05, 0.1) is 5.02 Å². The summed E-state index contributed by atoms with van der Waals surface area (Å²) in [5, 5.41) is 8.69. The van der Waals surface area contributed by atoms with Crippen LogP contribution in [0.25, 0.3) is 5.65 Å². The van der Waals surface area contributed by atoms with Gasteiger partial charge in [0, 0.05) is 16.8 Å². The van der Waals surface area contributed by atoms with Crippen LogP contribution < -0.4 is 5.73 Å². The van der Waals surface area contributed by atoms with Crippen LogP contribution in [-0.4, -0.2) is 14.6 Å². The summed E-state index contributed by atoms with van der Waals surface area (Å²) >= 11 is 6.90. The molecule has 0 saturated heterocycles. The third-order valence-corrected chi connectivity index (χ3v) is 3.86. The van der Waals surface area contributed by atoms with Crippen molar-refractivity contribution in [1.82, 2.24) is 14.6 Å². The maximum Gasteiger partial charge on any atom is 0.200 e. The number of hydrogen-bond donors (Lipinski definition) is 1. The van der Waals surface area contributed by atoms with Crippen LogP contribution in [0.15, 0.2) is 46.6 Å². The van der Waals surface area contributed by atoms with E-state index in [1.165, 1.54) is 23.9 Å². The minimum atomic E-state index is -0.507. The van der Waals surface area contributed by atoms with E-state index in [4.69, 9.17) is 17.3 Å². The number of anilines is 1. The van der Waals surface area contributed by atoms with E-state index in [1.807, 2.05) is 24.4 Å². The molecule has 2 heterocycles. The molecule has 3 rings (SSSR count). The first-order valence-electron chi connectivity index (χ1n) is 5.37. The summed E-state index contributed by atoms with van der Waals surface area (Å²) < 4.78 is 15.3. The SMILES string of the molecule is Nc1cc(Cl)c(F)cc1Sc1nnc2ccccn12. The van der Waals surface area contributed by atoms with Crippen LogP contribution in [0.3, 0.4) is 0 Å². The Morgan fingerprint density at radius 3 is 2.95 bits per heavy atom. The van der Waals surface area contributed by atoms with Gasteiger partial charge in [0.1, 0.15) is 5.82 Å². The fourth-order valence-corrected chi connectivity index (χ4v) is 2.66. The number of nitrogens with two attached hydrogens (primary N) is 1. The monoisotopic (exact) mass is 294 g/mol. The van der Waals surface area contributed by atoms with Crippen LogP contribution in [0.2, 0.25) is 5.02 Å². The predicted octanol–water partition coefficient (Wildman–Crippen LogP) is 3.26. The van der Waals surface area contributed by atoms with Gasteiger partial charge < -0.3 is 5.73 Å². The van der Waals surface area contributed by atoms with Crippen LogP contribution in [-0.2, 0) is 0 Å². The van der Waals surface area contributed by atoms with E-state index in [9.17, 15) is 4.39 Å². The quantitative estimate of drug-likeness (QED) is 0.737. The van der Waals surface area contributed by atoms with Crippen molar-refractivity contribution in [1.29, 1.82) is 0 Å². The molecular formula is C12H8ClFN4S. The highest BCUT2D eigenvalue weighted by Gasteiger charge is 2.11. The van der Waals surface area contributed by atoms with E-state index in [2.05, 4.69) is 10.2 Å². The van der Waals surface area contributed by atoms with Gasteiger partial charge in [0.2, 0.25) is 5.16 Å². The summed E-state index contributed by atoms with van der Waals surface area (Å²) in [6, 6.07) is 8.26. The zero-order valence-corrected chi connectivity index (χ0v) is 11.1. The average Bonchev–Trinajstić information content (AvgIpc) is 2.80. The summed E-state index contributed by atoms with van der Waals surface area (Å²) in [4.78, 5) is 0.556. The number of rotatable bonds is 2. The molecule has 3 aromatic rings. The molecule has 0 fully saturated rings. The van der Waals surface area contributed by atoms with Gasteiger partial charge in [-0.15, -0.1) is 10.2 Å². The second-order valence-electron chi connectivity index (χ2n) is 3.82. The predicted molar refractivity (Wildman–Crippen MR) is 72.9 cm³/mol. The number of benzene rings is 1. The number of nitrogen functional groups attached to an aromatic ring is 1. The zero-order chi connectivity index (χ0) is 13.4. The molecule has 0 aliphatic carbocycles. The maximum absolute atomic E-state index is 13.5. The Morgan fingerprint density at radius 1 is 1.26 bits per heavy atom. The van der Waals surface area contributed by atoms with E-state index < -0.39 is 5.82 Å². The van der Waals surface area contributed by atoms with E-state index >= 15 is 0 Å². The van der Waals surface area contributed by atoms with Crippen molar-refractivity contribution >= 4 is 34.7 Å². The molecule has 0 atom stereocenters. The molecule has 7 heteroatoms. The summed E-state index contributed by atoms with van der Waals surface area (Å²) in [7, 11) is 0. The Kier molecular flexibility index (Phi) is 3.04. The van der Waals surface area contributed by atoms with Crippen molar-refractivity contribution < 1.29 is 4.39 Å². The van der Waals surface area contributed by atoms with Crippen LogP contribution in [0.5, 0.6) is 0 Å². The van der Waals surface area contributed by atoms with Crippen molar-refractivity contribution in [3.63, 3.8) is 0 Å². The van der Waals surface area contributed by atoms with Crippen molar-refractivity contribution in [3.8, 4) is 0 Å². The molecule has 0 saturated carbocycles. The third-order valence-electron chi connectivity index (χ3n) is 2.54. The molecule has 4 nitrogen and oxygen atoms in total. The first-order valence-corrected chi connectivity index (χ1v) is 6.57. The fraction of sp³-hybridized carbons (Fsp3) is 0. The Bertz CT molecular complexity index is 759. The molecule has 0 radical (unpaired) electrons. The number of aromatic nitrogens is 3. The first kappa shape index (κ1) is 12.3. The summed E-state index contributed by atoms with van der Waals surface area (Å²) in [6.07, 6.45) is 1.83. The van der Waals surface area contributed by atoms with Crippen LogP contribution >= 0.6 is 23.4 Å². The molecule has 0 aliphatic heterocycles. The normalized spacial score (nSPS) is 11.1. The number of nitrogens with zero attached hydrogens (tertiary/aromatic N) is 3. The summed E-state index contributed by atoms with van der Waals surface area (Å²) in [5.74, 6) is -0.507. The highest BCUT2D eigenvalue weighted by atomic mass is 35.5. The lowest BCUT2D eigenvalue weighted by Gasteiger charge is -2.05. The van der Waals surface area contributed by atoms with Gasteiger partial charge in [-0.3, -0.25) is 4.40 Å². The zero-order valence-electron chi connectivity index (χ0n) is 9.55. The molecule has 19 heavy (non-hydrogen) atoms. The van der Waals surface area contributed by atoms with Crippen LogP contribution in [0.1, 0.15) is 0 Å². The summed E-state index contributed by atoms with van der Waals surface area (Å²) in [5.41, 5.74) is 6.95. The molecule has 1 aromatic carbocycles. The van der Waals surface area contributed by atoms with Gasteiger partial charge >= 0.3 is 0 Å². The second kappa shape index (κ2) is 4.71. The van der Waals surface area contributed by atoms with Gasteiger partial charge in [0.15, 0.2) is 5.65 Å². The first-order chi connectivity index (χ1) is 9.15. The van der Waals surface area contributed by atoms with Gasteiger partial charge in [-0.2, -0.15) is 0 Å². The number of hydrogen-bond acceptors (Lipinski definition) is 4. The molecule has 2 aromatic heterocycles. The average molecular weight is 295 g/mol. The molecular weight excluding hydrogens is 287 g/mol. The number of fused-ring (bicyclic) bond motifs is 1. The van der Waals surface area contributed by atoms with Gasteiger partial charge in [-0.25, -0.2) is 4.39 Å². The van der Waals surface area contributed by atoms with Crippen molar-refractivity contribution in [2.24, 2.45) is 0 Å². The van der Waals surface area contributed by atoms with E-state index in [0.717, 1.165) is 5.65 Å². The fourth-order valence-electron chi connectivity index (χ4n) is 1.62. The topological polar surface area (TPSA) is 56.2 Å². The van der Waals surface area contributed by atoms with Crippen molar-refractivity contribution in [2.45, 2.75) is 10.1 Å². The standard InChI is InChI=1S/C12H8ClFN4S/c13-7-5-9(15)10(6-8(7)14)19-12-17-16-11-3-1-2-4-18(11)12/h1-6H,15H2. The molecule has 96 valence electrons. The lowest BCUT2D eigenvalue weighted by molar-refractivity contribution is 0.625. The molecule has 2 N–H and O–H groups in total. The van der Waals surface area contributed by atoms with E-state index in [-0.39, 0.29) is 5.02 Å². The minimum absolute atomic E-state index is 0.00736. The smallest absolute Gasteiger partial charge is 0.200 e. The van der Waals surface area contributed by atoms with E-state index in [0.29, 0.717) is 15.7 Å². The molecule has 0 unspecified atom stereocenters. The molecule has 0 bridgehead atoms. The lowest BCUT2D eigenvalue weighted by Crippen LogP contribution is -1.92. The Labute approximate surface area is 117 Å². The van der Waals surface area contributed by atoms with E-state index in [1.54, 1.807) is 4.40 Å². The van der Waals surface area contributed by atoms with Crippen molar-refractivity contribution in [3.05, 3.63) is 47.4 Å². The Morgan fingerprint density at radius 2 is 2.11 bits per heavy atom. The van der Waals surface area contributed by atoms with Crippen LogP contribution in [0, 0.1) is 5.82 Å². The second-order valence-corrected chi connectivity index (χ2v) is 5.23. The molecule has 0 spiro atoms. The van der Waals surface area contributed by atoms with Gasteiger partial charge in [-0.1, -0.05) is 17.7 Å².